The minimum atomic E-state index is -4.19. The van der Waals surface area contributed by atoms with Crippen molar-refractivity contribution in [2.24, 2.45) is 5.10 Å². The number of hydrogen-bond acceptors (Lipinski definition) is 9. The van der Waals surface area contributed by atoms with Gasteiger partial charge in [-0.25, -0.2) is 8.42 Å². The van der Waals surface area contributed by atoms with Gasteiger partial charge in [0.15, 0.2) is 0 Å². The Kier molecular flexibility index (Phi) is 8.23. The average molecular weight is 500 g/mol. The fraction of sp³-hybridized carbons (Fsp3) is 0.174. The number of nitrogens with zero attached hydrogens (tertiary/aromatic N) is 3. The molecule has 35 heavy (non-hydrogen) atoms. The third kappa shape index (κ3) is 6.68. The van der Waals surface area contributed by atoms with Crippen LogP contribution in [0, 0.1) is 10.1 Å². The second kappa shape index (κ2) is 11.3. The van der Waals surface area contributed by atoms with E-state index < -0.39 is 14.9 Å². The fourth-order valence-electron chi connectivity index (χ4n) is 3.08. The van der Waals surface area contributed by atoms with Gasteiger partial charge in [-0.2, -0.15) is 5.10 Å². The Balaban J connectivity index is 1.83. The van der Waals surface area contributed by atoms with E-state index in [-0.39, 0.29) is 28.6 Å². The van der Waals surface area contributed by atoms with Crippen molar-refractivity contribution in [3.05, 3.63) is 82.4 Å². The first-order chi connectivity index (χ1) is 16.7. The Bertz CT molecular complexity index is 1290. The number of nitrogens with one attached hydrogen (secondary N) is 2. The van der Waals surface area contributed by atoms with Crippen molar-refractivity contribution < 1.29 is 23.2 Å². The normalized spacial score (nSPS) is 11.3. The number of likely N-dealkylation sites (N-methyl/N-ethyl adjacent to an activating group) is 1. The molecule has 0 aliphatic carbocycles. The summed E-state index contributed by atoms with van der Waals surface area (Å²) < 4.78 is 33.6. The molecule has 0 spiro atoms. The minimum absolute atomic E-state index is 0.0391. The van der Waals surface area contributed by atoms with E-state index in [1.54, 1.807) is 12.1 Å². The monoisotopic (exact) mass is 499 g/mol. The predicted octanol–water partition coefficient (Wildman–Crippen LogP) is 3.28. The summed E-state index contributed by atoms with van der Waals surface area (Å²) in [5, 5.41) is 24.4. The van der Waals surface area contributed by atoms with Crippen molar-refractivity contribution in [2.45, 2.75) is 4.90 Å². The van der Waals surface area contributed by atoms with Gasteiger partial charge in [0.05, 0.1) is 30.5 Å². The Morgan fingerprint density at radius 2 is 1.80 bits per heavy atom. The molecule has 184 valence electrons. The van der Waals surface area contributed by atoms with Crippen LogP contribution in [-0.2, 0) is 10.0 Å². The Morgan fingerprint density at radius 3 is 2.40 bits per heavy atom. The number of aliphatic hydroxyl groups excluding tert-OH is 1. The number of non-ortho nitro benzene ring substituents is 1. The SMILES string of the molecule is COc1ccc(NS(=O)(=O)c2cc([N+](=O)[O-])ccc2N/N=C/c2ccc(N(C)CCO)cc2)cc1. The summed E-state index contributed by atoms with van der Waals surface area (Å²) in [5.74, 6) is 0.549. The molecule has 0 saturated heterocycles. The van der Waals surface area contributed by atoms with Gasteiger partial charge >= 0.3 is 0 Å². The third-order valence-electron chi connectivity index (χ3n) is 4.98. The molecule has 3 N–H and O–H groups in total. The van der Waals surface area contributed by atoms with E-state index in [9.17, 15) is 18.5 Å². The summed E-state index contributed by atoms with van der Waals surface area (Å²) >= 11 is 0. The molecular formula is C23H25N5O6S. The van der Waals surface area contributed by atoms with Crippen molar-refractivity contribution in [3.63, 3.8) is 0 Å². The van der Waals surface area contributed by atoms with Crippen LogP contribution in [0.2, 0.25) is 0 Å². The second-order valence-electron chi connectivity index (χ2n) is 7.38. The van der Waals surface area contributed by atoms with E-state index in [0.717, 1.165) is 17.3 Å². The molecule has 0 atom stereocenters. The lowest BCUT2D eigenvalue weighted by Gasteiger charge is -2.17. The number of benzene rings is 3. The first-order valence-corrected chi connectivity index (χ1v) is 11.9. The average Bonchev–Trinajstić information content (AvgIpc) is 2.85. The van der Waals surface area contributed by atoms with Gasteiger partial charge in [-0.1, -0.05) is 12.1 Å². The molecule has 0 heterocycles. The van der Waals surface area contributed by atoms with Crippen LogP contribution in [0.4, 0.5) is 22.7 Å². The Labute approximate surface area is 202 Å². The standard InChI is InChI=1S/C23H25N5O6S/c1-27(13-14-29)19-7-3-17(4-8-19)16-24-25-22-12-9-20(28(30)31)15-23(22)35(32,33)26-18-5-10-21(34-2)11-6-18/h3-12,15-16,25-26,29H,13-14H2,1-2H3/b24-16+. The summed E-state index contributed by atoms with van der Waals surface area (Å²) in [7, 11) is -0.843. The summed E-state index contributed by atoms with van der Waals surface area (Å²) in [6.45, 7) is 0.536. The maximum atomic E-state index is 13.1. The minimum Gasteiger partial charge on any atom is -0.497 e. The molecule has 0 amide bonds. The number of sulfonamides is 1. The summed E-state index contributed by atoms with van der Waals surface area (Å²) in [6, 6.07) is 17.0. The number of aliphatic hydroxyl groups is 1. The van der Waals surface area contributed by atoms with Crippen LogP contribution in [-0.4, -0.2) is 52.0 Å². The zero-order valence-corrected chi connectivity index (χ0v) is 19.9. The number of methoxy groups -OCH3 is 1. The molecule has 3 rings (SSSR count). The highest BCUT2D eigenvalue weighted by Gasteiger charge is 2.22. The molecular weight excluding hydrogens is 474 g/mol. The molecule has 0 saturated carbocycles. The zero-order valence-electron chi connectivity index (χ0n) is 19.1. The fourth-order valence-corrected chi connectivity index (χ4v) is 4.31. The first kappa shape index (κ1) is 25.5. The van der Waals surface area contributed by atoms with Gasteiger partial charge in [0, 0.05) is 37.1 Å². The van der Waals surface area contributed by atoms with E-state index in [1.807, 2.05) is 36.2 Å². The second-order valence-corrected chi connectivity index (χ2v) is 9.03. The molecule has 0 aliphatic heterocycles. The molecule has 3 aromatic rings. The van der Waals surface area contributed by atoms with Crippen LogP contribution in [0.3, 0.4) is 0 Å². The lowest BCUT2D eigenvalue weighted by molar-refractivity contribution is -0.385. The van der Waals surface area contributed by atoms with Crippen molar-refractivity contribution in [1.82, 2.24) is 0 Å². The lowest BCUT2D eigenvalue weighted by Crippen LogP contribution is -2.20. The molecule has 0 aromatic heterocycles. The molecule has 0 radical (unpaired) electrons. The van der Waals surface area contributed by atoms with Gasteiger partial charge in [0.2, 0.25) is 0 Å². The summed E-state index contributed by atoms with van der Waals surface area (Å²) in [5.41, 5.74) is 4.26. The topological polar surface area (TPSA) is 146 Å². The van der Waals surface area contributed by atoms with Crippen molar-refractivity contribution in [3.8, 4) is 5.75 Å². The van der Waals surface area contributed by atoms with Crippen molar-refractivity contribution in [2.75, 3.05) is 42.4 Å². The number of ether oxygens (including phenoxy) is 1. The molecule has 11 nitrogen and oxygen atoms in total. The highest BCUT2D eigenvalue weighted by atomic mass is 32.2. The maximum absolute atomic E-state index is 13.1. The lowest BCUT2D eigenvalue weighted by atomic mass is 10.2. The van der Waals surface area contributed by atoms with Gasteiger partial charge < -0.3 is 14.7 Å². The van der Waals surface area contributed by atoms with Crippen LogP contribution < -0.4 is 19.8 Å². The van der Waals surface area contributed by atoms with E-state index in [1.165, 1.54) is 37.6 Å². The van der Waals surface area contributed by atoms with Crippen LogP contribution in [0.5, 0.6) is 5.75 Å². The molecule has 3 aromatic carbocycles. The third-order valence-corrected chi connectivity index (χ3v) is 6.40. The van der Waals surface area contributed by atoms with E-state index in [2.05, 4.69) is 15.2 Å². The summed E-state index contributed by atoms with van der Waals surface area (Å²) in [4.78, 5) is 12.1. The van der Waals surface area contributed by atoms with E-state index in [0.29, 0.717) is 12.3 Å². The number of anilines is 3. The van der Waals surface area contributed by atoms with Gasteiger partial charge in [0.25, 0.3) is 15.7 Å². The highest BCUT2D eigenvalue weighted by Crippen LogP contribution is 2.29. The number of nitro groups is 1. The van der Waals surface area contributed by atoms with Gasteiger partial charge in [0.1, 0.15) is 10.6 Å². The number of nitro benzene ring substituents is 1. The van der Waals surface area contributed by atoms with E-state index >= 15 is 0 Å². The number of hydrazone groups is 1. The largest absolute Gasteiger partial charge is 0.497 e. The van der Waals surface area contributed by atoms with Crippen LogP contribution >= 0.6 is 0 Å². The van der Waals surface area contributed by atoms with Crippen LogP contribution in [0.15, 0.2) is 76.7 Å². The van der Waals surface area contributed by atoms with Crippen LogP contribution in [0.25, 0.3) is 0 Å². The van der Waals surface area contributed by atoms with Crippen molar-refractivity contribution in [1.29, 1.82) is 0 Å². The van der Waals surface area contributed by atoms with Gasteiger partial charge in [-0.3, -0.25) is 20.3 Å². The smallest absolute Gasteiger partial charge is 0.270 e. The predicted molar refractivity (Wildman–Crippen MR) is 135 cm³/mol. The number of rotatable bonds is 11. The Hall–Kier alpha value is -4.16. The zero-order chi connectivity index (χ0) is 25.4. The van der Waals surface area contributed by atoms with Gasteiger partial charge in [-0.15, -0.1) is 0 Å². The first-order valence-electron chi connectivity index (χ1n) is 10.4. The highest BCUT2D eigenvalue weighted by molar-refractivity contribution is 7.92. The molecule has 0 aliphatic rings. The molecule has 0 fully saturated rings. The number of hydrogen-bond donors (Lipinski definition) is 3. The molecule has 12 heteroatoms. The molecule has 0 unspecified atom stereocenters. The Morgan fingerprint density at radius 1 is 1.11 bits per heavy atom. The van der Waals surface area contributed by atoms with Crippen molar-refractivity contribution >= 4 is 39.0 Å². The molecule has 0 bridgehead atoms. The van der Waals surface area contributed by atoms with E-state index in [4.69, 9.17) is 9.84 Å². The maximum Gasteiger partial charge on any atom is 0.270 e. The van der Waals surface area contributed by atoms with Crippen LogP contribution in [0.1, 0.15) is 5.56 Å². The quantitative estimate of drug-likeness (QED) is 0.207. The van der Waals surface area contributed by atoms with Gasteiger partial charge in [-0.05, 0) is 48.0 Å². The summed E-state index contributed by atoms with van der Waals surface area (Å²) in [6.07, 6.45) is 1.49.